The van der Waals surface area contributed by atoms with Crippen molar-refractivity contribution < 1.29 is 0 Å². The summed E-state index contributed by atoms with van der Waals surface area (Å²) in [5.41, 5.74) is 8.44. The van der Waals surface area contributed by atoms with Crippen LogP contribution in [0.4, 0.5) is 5.69 Å². The Balaban J connectivity index is 1.42. The summed E-state index contributed by atoms with van der Waals surface area (Å²) >= 11 is 0. The van der Waals surface area contributed by atoms with Crippen molar-refractivity contribution >= 4 is 16.6 Å². The molecule has 0 spiro atoms. The van der Waals surface area contributed by atoms with Gasteiger partial charge in [-0.25, -0.2) is 4.98 Å². The molecule has 2 aromatic heterocycles. The first-order valence-corrected chi connectivity index (χ1v) is 11.4. The predicted octanol–water partition coefficient (Wildman–Crippen LogP) is 5.60. The molecule has 33 heavy (non-hydrogen) atoms. The third kappa shape index (κ3) is 3.51. The van der Waals surface area contributed by atoms with Crippen molar-refractivity contribution in [2.45, 2.75) is 18.5 Å². The molecule has 1 aliphatic rings. The molecule has 2 atom stereocenters. The second-order valence-electron chi connectivity index (χ2n) is 8.95. The summed E-state index contributed by atoms with van der Waals surface area (Å²) in [5.74, 6) is 0.972. The van der Waals surface area contributed by atoms with E-state index in [1.165, 1.54) is 33.4 Å². The van der Waals surface area contributed by atoms with Gasteiger partial charge in [0.25, 0.3) is 0 Å². The summed E-state index contributed by atoms with van der Waals surface area (Å²) < 4.78 is 0. The molecule has 0 radical (unpaired) electrons. The van der Waals surface area contributed by atoms with E-state index in [4.69, 9.17) is 4.98 Å². The topological polar surface area (TPSA) is 59.7 Å². The van der Waals surface area contributed by atoms with Crippen LogP contribution in [0, 0.1) is 0 Å². The highest BCUT2D eigenvalue weighted by Gasteiger charge is 2.32. The number of H-pyrrole nitrogens is 2. The van der Waals surface area contributed by atoms with E-state index in [1.54, 1.807) is 0 Å². The van der Waals surface area contributed by atoms with Crippen LogP contribution in [0.3, 0.4) is 0 Å². The Morgan fingerprint density at radius 3 is 2.39 bits per heavy atom. The first-order chi connectivity index (χ1) is 16.2. The minimum Gasteiger partial charge on any atom is -0.378 e. The minimum absolute atomic E-state index is 0.0626. The maximum absolute atomic E-state index is 4.78. The lowest BCUT2D eigenvalue weighted by Crippen LogP contribution is -2.34. The van der Waals surface area contributed by atoms with Crippen molar-refractivity contribution in [1.82, 2.24) is 20.3 Å². The average Bonchev–Trinajstić information content (AvgIpc) is 3.49. The lowest BCUT2D eigenvalue weighted by Gasteiger charge is -2.31. The fraction of sp³-hybridized carbons (Fsp3) is 0.179. The van der Waals surface area contributed by atoms with Gasteiger partial charge in [-0.1, -0.05) is 60.7 Å². The van der Waals surface area contributed by atoms with Crippen molar-refractivity contribution in [2.75, 3.05) is 19.0 Å². The Kier molecular flexibility index (Phi) is 4.77. The van der Waals surface area contributed by atoms with E-state index in [0.29, 0.717) is 0 Å². The Morgan fingerprint density at radius 2 is 1.61 bits per heavy atom. The molecule has 3 heterocycles. The molecule has 5 heteroatoms. The van der Waals surface area contributed by atoms with Gasteiger partial charge in [0.15, 0.2) is 0 Å². The van der Waals surface area contributed by atoms with Gasteiger partial charge in [0, 0.05) is 36.4 Å². The van der Waals surface area contributed by atoms with Crippen LogP contribution in [0.25, 0.3) is 22.2 Å². The van der Waals surface area contributed by atoms with Crippen LogP contribution in [-0.4, -0.2) is 29.0 Å². The zero-order valence-corrected chi connectivity index (χ0v) is 18.8. The van der Waals surface area contributed by atoms with Gasteiger partial charge >= 0.3 is 0 Å². The number of rotatable bonds is 4. The molecule has 6 rings (SSSR count). The fourth-order valence-corrected chi connectivity index (χ4v) is 4.92. The van der Waals surface area contributed by atoms with Crippen LogP contribution in [0.2, 0.25) is 0 Å². The standard InChI is InChI=1S/C28H27N5/c1-33(2)20-14-12-19(13-15-20)26-27-22(21-10-6-7-11-23(21)30-27)16-24(31-26)28-29-17-25(32-28)18-8-4-3-5-9-18/h3-15,17,24,26,30-31H,16H2,1-2H3,(H,29,32). The highest BCUT2D eigenvalue weighted by Crippen LogP contribution is 2.39. The van der Waals surface area contributed by atoms with Gasteiger partial charge in [0.2, 0.25) is 0 Å². The van der Waals surface area contributed by atoms with E-state index in [9.17, 15) is 0 Å². The van der Waals surface area contributed by atoms with Crippen LogP contribution < -0.4 is 10.2 Å². The van der Waals surface area contributed by atoms with E-state index in [-0.39, 0.29) is 12.1 Å². The van der Waals surface area contributed by atoms with Crippen molar-refractivity contribution in [3.8, 4) is 11.3 Å². The molecule has 2 unspecified atom stereocenters. The van der Waals surface area contributed by atoms with Crippen molar-refractivity contribution in [1.29, 1.82) is 0 Å². The zero-order chi connectivity index (χ0) is 22.4. The van der Waals surface area contributed by atoms with E-state index in [2.05, 4.69) is 107 Å². The minimum atomic E-state index is 0.0626. The molecule has 0 saturated heterocycles. The number of hydrogen-bond donors (Lipinski definition) is 3. The van der Waals surface area contributed by atoms with E-state index < -0.39 is 0 Å². The zero-order valence-electron chi connectivity index (χ0n) is 18.8. The number of anilines is 1. The number of nitrogens with zero attached hydrogens (tertiary/aromatic N) is 2. The summed E-state index contributed by atoms with van der Waals surface area (Å²) in [5, 5.41) is 5.17. The maximum atomic E-state index is 4.78. The van der Waals surface area contributed by atoms with E-state index in [0.717, 1.165) is 23.5 Å². The summed E-state index contributed by atoms with van der Waals surface area (Å²) in [7, 11) is 4.14. The number of nitrogens with one attached hydrogen (secondary N) is 3. The molecule has 1 aliphatic heterocycles. The average molecular weight is 434 g/mol. The predicted molar refractivity (Wildman–Crippen MR) is 135 cm³/mol. The summed E-state index contributed by atoms with van der Waals surface area (Å²) in [6, 6.07) is 27.9. The molecule has 164 valence electrons. The van der Waals surface area contributed by atoms with Crippen LogP contribution >= 0.6 is 0 Å². The van der Waals surface area contributed by atoms with Gasteiger partial charge in [-0.15, -0.1) is 0 Å². The van der Waals surface area contributed by atoms with Crippen LogP contribution in [0.15, 0.2) is 85.1 Å². The van der Waals surface area contributed by atoms with Crippen LogP contribution in [-0.2, 0) is 6.42 Å². The monoisotopic (exact) mass is 433 g/mol. The lowest BCUT2D eigenvalue weighted by molar-refractivity contribution is 0.433. The molecule has 5 nitrogen and oxygen atoms in total. The molecular formula is C28H27N5. The molecule has 0 amide bonds. The fourth-order valence-electron chi connectivity index (χ4n) is 4.92. The molecule has 3 aromatic carbocycles. The number of hydrogen-bond acceptors (Lipinski definition) is 3. The number of aromatic nitrogens is 3. The van der Waals surface area contributed by atoms with Crippen molar-refractivity contribution in [3.05, 3.63) is 108 Å². The highest BCUT2D eigenvalue weighted by molar-refractivity contribution is 5.85. The first-order valence-electron chi connectivity index (χ1n) is 11.4. The third-order valence-corrected chi connectivity index (χ3v) is 6.66. The quantitative estimate of drug-likeness (QED) is 0.346. The van der Waals surface area contributed by atoms with Crippen LogP contribution in [0.1, 0.15) is 34.7 Å². The number of fused-ring (bicyclic) bond motifs is 3. The Hall–Kier alpha value is -3.83. The number of aromatic amines is 2. The number of imidazole rings is 1. The molecule has 5 aromatic rings. The maximum Gasteiger partial charge on any atom is 0.124 e. The van der Waals surface area contributed by atoms with Gasteiger partial charge in [-0.2, -0.15) is 0 Å². The largest absolute Gasteiger partial charge is 0.378 e. The molecule has 0 bridgehead atoms. The van der Waals surface area contributed by atoms with E-state index >= 15 is 0 Å². The lowest BCUT2D eigenvalue weighted by atomic mass is 9.90. The molecule has 3 N–H and O–H groups in total. The SMILES string of the molecule is CN(C)c1ccc(C2NC(c3ncc(-c4ccccc4)[nH]3)Cc3c2[nH]c2ccccc32)cc1. The summed E-state index contributed by atoms with van der Waals surface area (Å²) in [6.07, 6.45) is 2.82. The second kappa shape index (κ2) is 7.94. The summed E-state index contributed by atoms with van der Waals surface area (Å²) in [6.45, 7) is 0. The van der Waals surface area contributed by atoms with Crippen molar-refractivity contribution in [3.63, 3.8) is 0 Å². The van der Waals surface area contributed by atoms with E-state index in [1.807, 2.05) is 12.3 Å². The Bertz CT molecular complexity index is 1400. The van der Waals surface area contributed by atoms with Gasteiger partial charge in [0.05, 0.1) is 24.0 Å². The number of para-hydroxylation sites is 1. The number of benzene rings is 3. The van der Waals surface area contributed by atoms with Gasteiger partial charge in [-0.05, 0) is 41.3 Å². The molecule has 0 aliphatic carbocycles. The molecular weight excluding hydrogens is 406 g/mol. The molecule has 0 fully saturated rings. The normalized spacial score (nSPS) is 17.8. The third-order valence-electron chi connectivity index (χ3n) is 6.66. The Labute approximate surface area is 193 Å². The first kappa shape index (κ1) is 19.8. The van der Waals surface area contributed by atoms with Gasteiger partial charge in [-0.3, -0.25) is 5.32 Å². The van der Waals surface area contributed by atoms with Crippen molar-refractivity contribution in [2.24, 2.45) is 0 Å². The van der Waals surface area contributed by atoms with Gasteiger partial charge < -0.3 is 14.9 Å². The second-order valence-corrected chi connectivity index (χ2v) is 8.95. The smallest absolute Gasteiger partial charge is 0.124 e. The van der Waals surface area contributed by atoms with Crippen LogP contribution in [0.5, 0.6) is 0 Å². The summed E-state index contributed by atoms with van der Waals surface area (Å²) in [4.78, 5) is 14.2. The highest BCUT2D eigenvalue weighted by atomic mass is 15.1. The molecule has 0 saturated carbocycles. The Morgan fingerprint density at radius 1 is 0.848 bits per heavy atom. The van der Waals surface area contributed by atoms with Gasteiger partial charge in [0.1, 0.15) is 5.82 Å².